The highest BCUT2D eigenvalue weighted by atomic mass is 19.1. The third-order valence-corrected chi connectivity index (χ3v) is 1.92. The number of halogens is 1. The van der Waals surface area contributed by atoms with Crippen molar-refractivity contribution in [3.05, 3.63) is 28.8 Å². The second-order valence-corrected chi connectivity index (χ2v) is 3.44. The first kappa shape index (κ1) is 9.17. The predicted molar refractivity (Wildman–Crippen MR) is 47.8 cm³/mol. The Morgan fingerprint density at radius 1 is 1.33 bits per heavy atom. The maximum Gasteiger partial charge on any atom is 0.216 e. The highest BCUT2D eigenvalue weighted by Crippen LogP contribution is 2.21. The summed E-state index contributed by atoms with van der Waals surface area (Å²) >= 11 is 0. The van der Waals surface area contributed by atoms with Gasteiger partial charge < -0.3 is 0 Å². The van der Waals surface area contributed by atoms with Crippen LogP contribution in [0, 0.1) is 19.8 Å². The van der Waals surface area contributed by atoms with Crippen LogP contribution in [0.5, 0.6) is 0 Å². The predicted octanol–water partition coefficient (Wildman–Crippen LogP) is 2.96. The molecule has 66 valence electrons. The topological polar surface area (TPSA) is 12.9 Å². The molecule has 0 fully saturated rings. The molecule has 0 saturated heterocycles. The molecule has 0 saturated carbocycles. The largest absolute Gasteiger partial charge is 0.225 e. The zero-order valence-corrected chi connectivity index (χ0v) is 7.98. The lowest BCUT2D eigenvalue weighted by molar-refractivity contribution is 0.551. The molecule has 0 spiro atoms. The Kier molecular flexibility index (Phi) is 2.46. The standard InChI is InChI=1S/C10H14FN/c1-6(2)9-7(3)5-8(4)12-10(9)11/h5-6H,1-4H3. The van der Waals surface area contributed by atoms with Crippen molar-refractivity contribution in [3.8, 4) is 0 Å². The Morgan fingerprint density at radius 3 is 2.33 bits per heavy atom. The van der Waals surface area contributed by atoms with Gasteiger partial charge in [0.25, 0.3) is 0 Å². The molecule has 0 aromatic carbocycles. The molecule has 1 rings (SSSR count). The molecule has 0 N–H and O–H groups in total. The van der Waals surface area contributed by atoms with Crippen LogP contribution in [-0.4, -0.2) is 4.98 Å². The quantitative estimate of drug-likeness (QED) is 0.586. The third-order valence-electron chi connectivity index (χ3n) is 1.92. The summed E-state index contributed by atoms with van der Waals surface area (Å²) in [6.07, 6.45) is 0. The molecule has 12 heavy (non-hydrogen) atoms. The van der Waals surface area contributed by atoms with Crippen molar-refractivity contribution in [2.45, 2.75) is 33.6 Å². The Hall–Kier alpha value is -0.920. The van der Waals surface area contributed by atoms with E-state index in [4.69, 9.17) is 0 Å². The van der Waals surface area contributed by atoms with E-state index < -0.39 is 0 Å². The third kappa shape index (κ3) is 1.63. The molecule has 0 aliphatic heterocycles. The molecule has 0 atom stereocenters. The first-order chi connectivity index (χ1) is 5.52. The average Bonchev–Trinajstić information content (AvgIpc) is 1.82. The SMILES string of the molecule is Cc1cc(C)c(C(C)C)c(F)n1. The number of aryl methyl sites for hydroxylation is 2. The molecule has 1 nitrogen and oxygen atoms in total. The summed E-state index contributed by atoms with van der Waals surface area (Å²) in [5.41, 5.74) is 2.48. The maximum absolute atomic E-state index is 13.3. The van der Waals surface area contributed by atoms with Crippen LogP contribution in [0.15, 0.2) is 6.07 Å². The van der Waals surface area contributed by atoms with E-state index >= 15 is 0 Å². The van der Waals surface area contributed by atoms with Gasteiger partial charge in [0.05, 0.1) is 0 Å². The van der Waals surface area contributed by atoms with Gasteiger partial charge in [-0.2, -0.15) is 4.39 Å². The normalized spacial score (nSPS) is 10.8. The maximum atomic E-state index is 13.3. The van der Waals surface area contributed by atoms with Gasteiger partial charge in [0.15, 0.2) is 0 Å². The molecule has 0 aliphatic rings. The number of pyridine rings is 1. The number of aromatic nitrogens is 1. The molecule has 0 bridgehead atoms. The summed E-state index contributed by atoms with van der Waals surface area (Å²) in [6.45, 7) is 7.68. The number of rotatable bonds is 1. The fourth-order valence-electron chi connectivity index (χ4n) is 1.49. The second kappa shape index (κ2) is 3.21. The number of nitrogens with zero attached hydrogens (tertiary/aromatic N) is 1. The lowest BCUT2D eigenvalue weighted by atomic mass is 9.99. The van der Waals surface area contributed by atoms with Crippen molar-refractivity contribution in [2.24, 2.45) is 0 Å². The fraction of sp³-hybridized carbons (Fsp3) is 0.500. The van der Waals surface area contributed by atoms with Gasteiger partial charge in [0, 0.05) is 11.3 Å². The van der Waals surface area contributed by atoms with Crippen molar-refractivity contribution in [1.29, 1.82) is 0 Å². The lowest BCUT2D eigenvalue weighted by Crippen LogP contribution is -2.01. The van der Waals surface area contributed by atoms with Crippen LogP contribution in [0.2, 0.25) is 0 Å². The summed E-state index contributed by atoms with van der Waals surface area (Å²) in [5, 5.41) is 0. The summed E-state index contributed by atoms with van der Waals surface area (Å²) in [4.78, 5) is 3.79. The molecule has 0 radical (unpaired) electrons. The molecular formula is C10H14FN. The van der Waals surface area contributed by atoms with Gasteiger partial charge in [0.1, 0.15) is 0 Å². The highest BCUT2D eigenvalue weighted by molar-refractivity contribution is 5.28. The minimum absolute atomic E-state index is 0.207. The number of hydrogen-bond donors (Lipinski definition) is 0. The van der Waals surface area contributed by atoms with Crippen molar-refractivity contribution in [2.75, 3.05) is 0 Å². The van der Waals surface area contributed by atoms with Crippen LogP contribution in [0.25, 0.3) is 0 Å². The molecular weight excluding hydrogens is 153 g/mol. The van der Waals surface area contributed by atoms with Gasteiger partial charge in [-0.15, -0.1) is 0 Å². The van der Waals surface area contributed by atoms with Crippen molar-refractivity contribution in [1.82, 2.24) is 4.98 Å². The Morgan fingerprint density at radius 2 is 1.92 bits per heavy atom. The van der Waals surface area contributed by atoms with E-state index in [1.54, 1.807) is 6.92 Å². The molecule has 1 aromatic rings. The van der Waals surface area contributed by atoms with Crippen LogP contribution < -0.4 is 0 Å². The van der Waals surface area contributed by atoms with Crippen LogP contribution in [-0.2, 0) is 0 Å². The van der Waals surface area contributed by atoms with E-state index in [0.29, 0.717) is 0 Å². The molecule has 0 unspecified atom stereocenters. The van der Waals surface area contributed by atoms with Crippen LogP contribution in [0.4, 0.5) is 4.39 Å². The molecule has 1 heterocycles. The monoisotopic (exact) mass is 167 g/mol. The number of hydrogen-bond acceptors (Lipinski definition) is 1. The van der Waals surface area contributed by atoms with Crippen LogP contribution in [0.3, 0.4) is 0 Å². The van der Waals surface area contributed by atoms with E-state index in [9.17, 15) is 4.39 Å². The molecule has 0 amide bonds. The summed E-state index contributed by atoms with van der Waals surface area (Å²) in [6, 6.07) is 1.92. The fourth-order valence-corrected chi connectivity index (χ4v) is 1.49. The first-order valence-corrected chi connectivity index (χ1v) is 4.16. The first-order valence-electron chi connectivity index (χ1n) is 4.16. The van der Waals surface area contributed by atoms with E-state index in [2.05, 4.69) is 4.98 Å². The average molecular weight is 167 g/mol. The lowest BCUT2D eigenvalue weighted by Gasteiger charge is -2.10. The second-order valence-electron chi connectivity index (χ2n) is 3.44. The van der Waals surface area contributed by atoms with Gasteiger partial charge in [-0.25, -0.2) is 4.98 Å². The minimum Gasteiger partial charge on any atom is -0.225 e. The van der Waals surface area contributed by atoms with E-state index in [0.717, 1.165) is 16.8 Å². The van der Waals surface area contributed by atoms with Gasteiger partial charge in [-0.1, -0.05) is 13.8 Å². The smallest absolute Gasteiger partial charge is 0.216 e. The van der Waals surface area contributed by atoms with E-state index in [1.165, 1.54) is 0 Å². The molecule has 0 aliphatic carbocycles. The zero-order chi connectivity index (χ0) is 9.30. The van der Waals surface area contributed by atoms with Gasteiger partial charge in [-0.05, 0) is 31.4 Å². The van der Waals surface area contributed by atoms with E-state index in [1.807, 2.05) is 26.8 Å². The Bertz CT molecular complexity index is 269. The minimum atomic E-state index is -0.317. The highest BCUT2D eigenvalue weighted by Gasteiger charge is 2.11. The van der Waals surface area contributed by atoms with Crippen molar-refractivity contribution < 1.29 is 4.39 Å². The summed E-state index contributed by atoms with van der Waals surface area (Å²) in [7, 11) is 0. The summed E-state index contributed by atoms with van der Waals surface area (Å²) in [5.74, 6) is -0.111. The molecule has 2 heteroatoms. The summed E-state index contributed by atoms with van der Waals surface area (Å²) < 4.78 is 13.3. The zero-order valence-electron chi connectivity index (χ0n) is 7.98. The van der Waals surface area contributed by atoms with Gasteiger partial charge in [-0.3, -0.25) is 0 Å². The Balaban J connectivity index is 3.28. The van der Waals surface area contributed by atoms with Gasteiger partial charge >= 0.3 is 0 Å². The molecule has 1 aromatic heterocycles. The van der Waals surface area contributed by atoms with Crippen LogP contribution >= 0.6 is 0 Å². The van der Waals surface area contributed by atoms with Crippen LogP contribution in [0.1, 0.15) is 36.6 Å². The van der Waals surface area contributed by atoms with Gasteiger partial charge in [0.2, 0.25) is 5.95 Å². The van der Waals surface area contributed by atoms with Crippen molar-refractivity contribution in [3.63, 3.8) is 0 Å². The van der Waals surface area contributed by atoms with E-state index in [-0.39, 0.29) is 11.9 Å². The Labute approximate surface area is 72.6 Å². The van der Waals surface area contributed by atoms with Crippen molar-refractivity contribution >= 4 is 0 Å².